The van der Waals surface area contributed by atoms with Crippen molar-refractivity contribution in [3.63, 3.8) is 0 Å². The van der Waals surface area contributed by atoms with Crippen LogP contribution >= 0.6 is 0 Å². The number of nitrogens with one attached hydrogen (secondary N) is 1. The first-order valence-electron chi connectivity index (χ1n) is 8.14. The lowest BCUT2D eigenvalue weighted by Crippen LogP contribution is -2.40. The van der Waals surface area contributed by atoms with Crippen molar-refractivity contribution in [1.29, 1.82) is 0 Å². The fraction of sp³-hybridized carbons (Fsp3) is 0.389. The quantitative estimate of drug-likeness (QED) is 0.779. The SMILES string of the molecule is CCCn1c(-c2nc(C(C)(C)NC(C)=O)no2)cc2ccccc21. The van der Waals surface area contributed by atoms with Crippen molar-refractivity contribution < 1.29 is 9.32 Å². The van der Waals surface area contributed by atoms with Crippen LogP contribution in [0.5, 0.6) is 0 Å². The summed E-state index contributed by atoms with van der Waals surface area (Å²) in [6.45, 7) is 8.18. The highest BCUT2D eigenvalue weighted by atomic mass is 16.5. The van der Waals surface area contributed by atoms with Gasteiger partial charge in [0.05, 0.1) is 5.54 Å². The molecule has 0 saturated heterocycles. The maximum atomic E-state index is 11.4. The van der Waals surface area contributed by atoms with E-state index in [4.69, 9.17) is 4.52 Å². The molecule has 3 aromatic rings. The molecule has 0 aliphatic rings. The third-order valence-corrected chi connectivity index (χ3v) is 3.95. The summed E-state index contributed by atoms with van der Waals surface area (Å²) in [7, 11) is 0. The molecule has 0 aliphatic heterocycles. The van der Waals surface area contributed by atoms with Gasteiger partial charge in [0, 0.05) is 24.4 Å². The maximum Gasteiger partial charge on any atom is 0.274 e. The zero-order chi connectivity index (χ0) is 17.3. The van der Waals surface area contributed by atoms with Crippen LogP contribution in [0.15, 0.2) is 34.9 Å². The molecular weight excluding hydrogens is 304 g/mol. The highest BCUT2D eigenvalue weighted by Crippen LogP contribution is 2.29. The van der Waals surface area contributed by atoms with Gasteiger partial charge >= 0.3 is 0 Å². The lowest BCUT2D eigenvalue weighted by Gasteiger charge is -2.20. The predicted octanol–water partition coefficient (Wildman–Crippen LogP) is 3.47. The topological polar surface area (TPSA) is 73.0 Å². The molecule has 6 heteroatoms. The molecule has 1 amide bonds. The van der Waals surface area contributed by atoms with Crippen LogP contribution in [0.1, 0.15) is 39.9 Å². The summed E-state index contributed by atoms with van der Waals surface area (Å²) < 4.78 is 7.69. The molecule has 126 valence electrons. The predicted molar refractivity (Wildman–Crippen MR) is 92.4 cm³/mol. The lowest BCUT2D eigenvalue weighted by molar-refractivity contribution is -0.120. The second-order valence-corrected chi connectivity index (χ2v) is 6.47. The van der Waals surface area contributed by atoms with Gasteiger partial charge in [-0.25, -0.2) is 0 Å². The summed E-state index contributed by atoms with van der Waals surface area (Å²) in [6.07, 6.45) is 1.00. The van der Waals surface area contributed by atoms with Gasteiger partial charge in [-0.05, 0) is 32.4 Å². The molecule has 0 bridgehead atoms. The van der Waals surface area contributed by atoms with Gasteiger partial charge in [-0.3, -0.25) is 4.79 Å². The van der Waals surface area contributed by atoms with E-state index < -0.39 is 5.54 Å². The monoisotopic (exact) mass is 326 g/mol. The minimum Gasteiger partial charge on any atom is -0.344 e. The number of carbonyl (C=O) groups is 1. The summed E-state index contributed by atoms with van der Waals surface area (Å²) in [6, 6.07) is 10.3. The summed E-state index contributed by atoms with van der Waals surface area (Å²) in [5, 5.41) is 8.05. The molecule has 0 atom stereocenters. The highest BCUT2D eigenvalue weighted by molar-refractivity contribution is 5.85. The van der Waals surface area contributed by atoms with Gasteiger partial charge in [0.15, 0.2) is 5.82 Å². The Balaban J connectivity index is 2.05. The number of amides is 1. The first kappa shape index (κ1) is 16.2. The first-order chi connectivity index (χ1) is 11.4. The fourth-order valence-electron chi connectivity index (χ4n) is 2.93. The van der Waals surface area contributed by atoms with E-state index in [0.717, 1.165) is 29.6 Å². The molecule has 2 aromatic heterocycles. The Bertz CT molecular complexity index is 876. The van der Waals surface area contributed by atoms with Crippen molar-refractivity contribution in [3.8, 4) is 11.6 Å². The van der Waals surface area contributed by atoms with Crippen molar-refractivity contribution in [2.24, 2.45) is 0 Å². The Morgan fingerprint density at radius 1 is 1.33 bits per heavy atom. The van der Waals surface area contributed by atoms with Gasteiger partial charge in [-0.2, -0.15) is 4.98 Å². The van der Waals surface area contributed by atoms with Gasteiger partial charge in [-0.15, -0.1) is 0 Å². The van der Waals surface area contributed by atoms with E-state index in [1.54, 1.807) is 0 Å². The Morgan fingerprint density at radius 3 is 2.79 bits per heavy atom. The summed E-state index contributed by atoms with van der Waals surface area (Å²) >= 11 is 0. The van der Waals surface area contributed by atoms with Crippen LogP contribution in [-0.4, -0.2) is 20.6 Å². The summed E-state index contributed by atoms with van der Waals surface area (Å²) in [5.41, 5.74) is 1.36. The maximum absolute atomic E-state index is 11.4. The number of para-hydroxylation sites is 1. The van der Waals surface area contributed by atoms with Gasteiger partial charge in [-0.1, -0.05) is 30.3 Å². The van der Waals surface area contributed by atoms with Gasteiger partial charge in [0.2, 0.25) is 5.91 Å². The number of carbonyl (C=O) groups excluding carboxylic acids is 1. The molecule has 0 radical (unpaired) electrons. The molecule has 6 nitrogen and oxygen atoms in total. The number of rotatable bonds is 5. The fourth-order valence-corrected chi connectivity index (χ4v) is 2.93. The van der Waals surface area contributed by atoms with Crippen LogP contribution in [0.2, 0.25) is 0 Å². The lowest BCUT2D eigenvalue weighted by atomic mass is 10.1. The number of nitrogens with zero attached hydrogens (tertiary/aromatic N) is 3. The number of aryl methyl sites for hydroxylation is 1. The molecule has 0 spiro atoms. The van der Waals surface area contributed by atoms with E-state index >= 15 is 0 Å². The molecule has 1 N–H and O–H groups in total. The Morgan fingerprint density at radius 2 is 2.08 bits per heavy atom. The Hall–Kier alpha value is -2.63. The van der Waals surface area contributed by atoms with Crippen LogP contribution in [0, 0.1) is 0 Å². The van der Waals surface area contributed by atoms with Crippen molar-refractivity contribution in [3.05, 3.63) is 36.2 Å². The summed E-state index contributed by atoms with van der Waals surface area (Å²) in [5.74, 6) is 0.792. The van der Waals surface area contributed by atoms with Crippen molar-refractivity contribution in [1.82, 2.24) is 20.0 Å². The minimum absolute atomic E-state index is 0.133. The van der Waals surface area contributed by atoms with E-state index in [1.807, 2.05) is 26.0 Å². The number of fused-ring (bicyclic) bond motifs is 1. The molecule has 0 unspecified atom stereocenters. The van der Waals surface area contributed by atoms with Gasteiger partial charge < -0.3 is 14.4 Å². The second kappa shape index (κ2) is 6.11. The number of hydrogen-bond donors (Lipinski definition) is 1. The molecule has 2 heterocycles. The third kappa shape index (κ3) is 2.91. The number of hydrogen-bond acceptors (Lipinski definition) is 4. The van der Waals surface area contributed by atoms with E-state index in [9.17, 15) is 4.79 Å². The van der Waals surface area contributed by atoms with Gasteiger partial charge in [0.1, 0.15) is 5.69 Å². The molecule has 1 aromatic carbocycles. The van der Waals surface area contributed by atoms with E-state index in [0.29, 0.717) is 11.7 Å². The Labute approximate surface area is 140 Å². The smallest absolute Gasteiger partial charge is 0.274 e. The van der Waals surface area contributed by atoms with E-state index in [2.05, 4.69) is 45.1 Å². The van der Waals surface area contributed by atoms with E-state index in [-0.39, 0.29) is 5.91 Å². The number of benzene rings is 1. The first-order valence-corrected chi connectivity index (χ1v) is 8.14. The van der Waals surface area contributed by atoms with Crippen molar-refractivity contribution >= 4 is 16.8 Å². The summed E-state index contributed by atoms with van der Waals surface area (Å²) in [4.78, 5) is 15.9. The molecule has 0 saturated carbocycles. The normalized spacial score (nSPS) is 11.8. The van der Waals surface area contributed by atoms with Crippen LogP contribution in [0.25, 0.3) is 22.5 Å². The third-order valence-electron chi connectivity index (χ3n) is 3.95. The average molecular weight is 326 g/mol. The molecule has 0 fully saturated rings. The second-order valence-electron chi connectivity index (χ2n) is 6.47. The largest absolute Gasteiger partial charge is 0.344 e. The van der Waals surface area contributed by atoms with Crippen LogP contribution in [-0.2, 0) is 16.9 Å². The minimum atomic E-state index is -0.685. The van der Waals surface area contributed by atoms with Gasteiger partial charge in [0.25, 0.3) is 5.89 Å². The van der Waals surface area contributed by atoms with Crippen molar-refractivity contribution in [2.45, 2.75) is 46.2 Å². The molecule has 0 aliphatic carbocycles. The molecule has 3 rings (SSSR count). The van der Waals surface area contributed by atoms with Crippen LogP contribution < -0.4 is 5.32 Å². The van der Waals surface area contributed by atoms with Crippen LogP contribution in [0.4, 0.5) is 0 Å². The van der Waals surface area contributed by atoms with Crippen LogP contribution in [0.3, 0.4) is 0 Å². The molecular formula is C18H22N4O2. The average Bonchev–Trinajstić information content (AvgIpc) is 3.12. The Kier molecular flexibility index (Phi) is 4.13. The van der Waals surface area contributed by atoms with Crippen molar-refractivity contribution in [2.75, 3.05) is 0 Å². The number of aromatic nitrogens is 3. The standard InChI is InChI=1S/C18H22N4O2/c1-5-10-22-14-9-7-6-8-13(14)11-15(22)16-19-17(21-24-16)18(3,4)20-12(2)23/h6-9,11H,5,10H2,1-4H3,(H,20,23). The highest BCUT2D eigenvalue weighted by Gasteiger charge is 2.28. The molecule has 24 heavy (non-hydrogen) atoms. The zero-order valence-electron chi connectivity index (χ0n) is 14.5. The van der Waals surface area contributed by atoms with E-state index in [1.165, 1.54) is 6.92 Å². The zero-order valence-corrected chi connectivity index (χ0v) is 14.5.